The third-order valence-electron chi connectivity index (χ3n) is 7.53. The van der Waals surface area contributed by atoms with Gasteiger partial charge < -0.3 is 34.5 Å². The molecule has 2 atom stereocenters. The molecule has 2 fully saturated rings. The number of hydrogen-bond donors (Lipinski definition) is 2. The highest BCUT2D eigenvalue weighted by atomic mass is 16.6. The quantitative estimate of drug-likeness (QED) is 0.331. The molecule has 6 rings (SSSR count). The Hall–Kier alpha value is -4.98. The zero-order valence-electron chi connectivity index (χ0n) is 26.0. The highest BCUT2D eigenvalue weighted by Crippen LogP contribution is 2.30. The van der Waals surface area contributed by atoms with E-state index in [9.17, 15) is 14.4 Å². The minimum atomic E-state index is -0.547. The van der Waals surface area contributed by atoms with Crippen LogP contribution in [0.15, 0.2) is 48.8 Å². The van der Waals surface area contributed by atoms with Gasteiger partial charge in [-0.05, 0) is 57.5 Å². The molecule has 3 aliphatic rings. The predicted octanol–water partition coefficient (Wildman–Crippen LogP) is 3.76. The van der Waals surface area contributed by atoms with Crippen LogP contribution in [0.2, 0.25) is 0 Å². The van der Waals surface area contributed by atoms with Crippen molar-refractivity contribution in [3.05, 3.63) is 54.4 Å². The van der Waals surface area contributed by atoms with Gasteiger partial charge >= 0.3 is 12.2 Å². The van der Waals surface area contributed by atoms with Crippen molar-refractivity contribution in [1.29, 1.82) is 0 Å². The van der Waals surface area contributed by atoms with Gasteiger partial charge in [-0.1, -0.05) is 18.2 Å². The van der Waals surface area contributed by atoms with Gasteiger partial charge in [0.25, 0.3) is 5.91 Å². The molecule has 0 aliphatic carbocycles. The van der Waals surface area contributed by atoms with E-state index in [2.05, 4.69) is 31.7 Å². The Bertz CT molecular complexity index is 1610. The predicted molar refractivity (Wildman–Crippen MR) is 167 cm³/mol. The van der Waals surface area contributed by atoms with Crippen LogP contribution in [0.1, 0.15) is 39.2 Å². The summed E-state index contributed by atoms with van der Waals surface area (Å²) in [7, 11) is 0. The number of anilines is 2. The summed E-state index contributed by atoms with van der Waals surface area (Å²) in [6, 6.07) is 13.2. The molecule has 14 heteroatoms. The second-order valence-electron chi connectivity index (χ2n) is 12.3. The van der Waals surface area contributed by atoms with Gasteiger partial charge in [-0.15, -0.1) is 0 Å². The molecule has 5 heterocycles. The fourth-order valence-electron chi connectivity index (χ4n) is 5.35. The summed E-state index contributed by atoms with van der Waals surface area (Å²) in [6.45, 7) is 8.09. The zero-order valence-corrected chi connectivity index (χ0v) is 26.0. The van der Waals surface area contributed by atoms with Crippen molar-refractivity contribution in [3.8, 4) is 22.9 Å². The molecule has 14 nitrogen and oxygen atoms in total. The molecule has 2 aromatic heterocycles. The first kappa shape index (κ1) is 31.0. The fraction of sp³-hybridized carbons (Fsp3) is 0.438. The van der Waals surface area contributed by atoms with E-state index in [1.165, 1.54) is 11.2 Å². The number of benzene rings is 1. The van der Waals surface area contributed by atoms with Crippen molar-refractivity contribution in [2.24, 2.45) is 0 Å². The SMILES string of the molecule is CC(C)(C)OC(=O)N1CCC(Oc2cc(-c3cccc(CNCCC4CN(c5ccc6c(n5)NC(=O)CO6)C(=O)O4)c3)ncn2)C1. The van der Waals surface area contributed by atoms with E-state index in [1.807, 2.05) is 39.0 Å². The van der Waals surface area contributed by atoms with Crippen molar-refractivity contribution in [1.82, 2.24) is 25.2 Å². The van der Waals surface area contributed by atoms with Crippen molar-refractivity contribution in [2.75, 3.05) is 43.0 Å². The Kier molecular flexibility index (Phi) is 8.88. The standard InChI is InChI=1S/C32H37N7O7/c1-32(2,3)46-30(41)38-12-10-23(16-38)44-28-14-24(34-19-35-28)21-6-4-5-20(13-21)15-33-11-9-22-17-39(31(42)45-22)26-8-7-25-29(36-26)37-27(40)18-43-25/h4-8,13-14,19,22-23,33H,9-12,15-18H2,1-3H3,(H,36,37,40). The van der Waals surface area contributed by atoms with E-state index in [4.69, 9.17) is 18.9 Å². The van der Waals surface area contributed by atoms with Crippen LogP contribution in [0.25, 0.3) is 11.3 Å². The Balaban J connectivity index is 0.976. The normalized spacial score (nSPS) is 19.3. The molecule has 3 aromatic rings. The summed E-state index contributed by atoms with van der Waals surface area (Å²) < 4.78 is 22.5. The minimum Gasteiger partial charge on any atom is -0.480 e. The average molecular weight is 632 g/mol. The third kappa shape index (κ3) is 7.62. The molecule has 2 N–H and O–H groups in total. The first-order valence-electron chi connectivity index (χ1n) is 15.3. The number of hydrogen-bond acceptors (Lipinski definition) is 11. The topological polar surface area (TPSA) is 157 Å². The lowest BCUT2D eigenvalue weighted by Gasteiger charge is -2.24. The van der Waals surface area contributed by atoms with Gasteiger partial charge in [0.05, 0.1) is 18.8 Å². The van der Waals surface area contributed by atoms with E-state index in [0.29, 0.717) is 68.8 Å². The molecule has 3 amide bonds. The Morgan fingerprint density at radius 1 is 1.13 bits per heavy atom. The number of amides is 3. The van der Waals surface area contributed by atoms with Crippen LogP contribution in [0.4, 0.5) is 21.2 Å². The van der Waals surface area contributed by atoms with E-state index < -0.39 is 11.7 Å². The number of aromatic nitrogens is 3. The van der Waals surface area contributed by atoms with E-state index in [1.54, 1.807) is 23.1 Å². The Labute approximate surface area is 266 Å². The van der Waals surface area contributed by atoms with Gasteiger partial charge in [0.2, 0.25) is 5.88 Å². The summed E-state index contributed by atoms with van der Waals surface area (Å²) in [5.74, 6) is 1.31. The van der Waals surface area contributed by atoms with Gasteiger partial charge in [-0.2, -0.15) is 0 Å². The van der Waals surface area contributed by atoms with E-state index >= 15 is 0 Å². The molecular weight excluding hydrogens is 594 g/mol. The monoisotopic (exact) mass is 631 g/mol. The Morgan fingerprint density at radius 3 is 2.85 bits per heavy atom. The van der Waals surface area contributed by atoms with E-state index in [-0.39, 0.29) is 30.8 Å². The number of carbonyl (C=O) groups excluding carboxylic acids is 3. The summed E-state index contributed by atoms with van der Waals surface area (Å²) in [5, 5.41) is 6.08. The number of fused-ring (bicyclic) bond motifs is 1. The van der Waals surface area contributed by atoms with Crippen LogP contribution in [0.5, 0.6) is 11.6 Å². The number of cyclic esters (lactones) is 1. The maximum atomic E-state index is 12.5. The zero-order chi connectivity index (χ0) is 32.3. The third-order valence-corrected chi connectivity index (χ3v) is 7.53. The van der Waals surface area contributed by atoms with Crippen LogP contribution >= 0.6 is 0 Å². The molecule has 0 spiro atoms. The van der Waals surface area contributed by atoms with Crippen molar-refractivity contribution in [2.45, 2.75) is 58.0 Å². The smallest absolute Gasteiger partial charge is 0.415 e. The lowest BCUT2D eigenvalue weighted by Crippen LogP contribution is -2.36. The van der Waals surface area contributed by atoms with Gasteiger partial charge in [-0.25, -0.2) is 24.5 Å². The number of nitrogens with zero attached hydrogens (tertiary/aromatic N) is 5. The summed E-state index contributed by atoms with van der Waals surface area (Å²) in [6.07, 6.45) is 1.49. The molecule has 0 radical (unpaired) electrons. The Morgan fingerprint density at radius 2 is 2.00 bits per heavy atom. The fourth-order valence-corrected chi connectivity index (χ4v) is 5.35. The number of ether oxygens (including phenoxy) is 4. The van der Waals surface area contributed by atoms with Crippen molar-refractivity contribution < 1.29 is 33.3 Å². The highest BCUT2D eigenvalue weighted by molar-refractivity contribution is 5.95. The number of pyridine rings is 1. The van der Waals surface area contributed by atoms with Crippen LogP contribution in [0, 0.1) is 0 Å². The molecule has 2 saturated heterocycles. The maximum absolute atomic E-state index is 12.5. The summed E-state index contributed by atoms with van der Waals surface area (Å²) in [5.41, 5.74) is 2.17. The van der Waals surface area contributed by atoms with Gasteiger partial charge in [0.1, 0.15) is 30.0 Å². The molecule has 46 heavy (non-hydrogen) atoms. The summed E-state index contributed by atoms with van der Waals surface area (Å²) in [4.78, 5) is 52.8. The second-order valence-corrected chi connectivity index (χ2v) is 12.3. The molecule has 3 aliphatic heterocycles. The molecule has 1 aromatic carbocycles. The first-order chi connectivity index (χ1) is 22.1. The number of rotatable bonds is 9. The molecule has 0 saturated carbocycles. The minimum absolute atomic E-state index is 0.0605. The maximum Gasteiger partial charge on any atom is 0.415 e. The number of carbonyl (C=O) groups is 3. The number of nitrogens with one attached hydrogen (secondary N) is 2. The molecular formula is C32H37N7O7. The van der Waals surface area contributed by atoms with Gasteiger partial charge in [-0.3, -0.25) is 9.69 Å². The van der Waals surface area contributed by atoms with Crippen LogP contribution in [-0.2, 0) is 20.8 Å². The number of likely N-dealkylation sites (tertiary alicyclic amines) is 1. The lowest BCUT2D eigenvalue weighted by molar-refractivity contribution is -0.118. The van der Waals surface area contributed by atoms with Crippen LogP contribution in [-0.4, -0.2) is 88.5 Å². The molecule has 242 valence electrons. The first-order valence-corrected chi connectivity index (χ1v) is 15.3. The second kappa shape index (κ2) is 13.2. The summed E-state index contributed by atoms with van der Waals surface area (Å²) >= 11 is 0. The molecule has 0 bridgehead atoms. The van der Waals surface area contributed by atoms with Gasteiger partial charge in [0, 0.05) is 31.1 Å². The van der Waals surface area contributed by atoms with E-state index in [0.717, 1.165) is 16.8 Å². The molecule has 2 unspecified atom stereocenters. The average Bonchev–Trinajstić information content (AvgIpc) is 3.65. The van der Waals surface area contributed by atoms with Gasteiger partial charge in [0.15, 0.2) is 18.2 Å². The van der Waals surface area contributed by atoms with Crippen molar-refractivity contribution in [3.63, 3.8) is 0 Å². The van der Waals surface area contributed by atoms with Crippen LogP contribution < -0.4 is 25.0 Å². The van der Waals surface area contributed by atoms with Crippen molar-refractivity contribution >= 4 is 29.7 Å². The highest BCUT2D eigenvalue weighted by Gasteiger charge is 2.34. The van der Waals surface area contributed by atoms with Crippen LogP contribution in [0.3, 0.4) is 0 Å². The lowest BCUT2D eigenvalue weighted by atomic mass is 10.1. The largest absolute Gasteiger partial charge is 0.480 e.